The van der Waals surface area contributed by atoms with E-state index >= 15 is 0 Å². The molecule has 100 valence electrons. The van der Waals surface area contributed by atoms with Crippen molar-refractivity contribution >= 4 is 17.7 Å². The Labute approximate surface area is 102 Å². The molecule has 0 aliphatic carbocycles. The Morgan fingerprint density at radius 2 is 2.12 bits per heavy atom. The number of carbonyl (C=O) groups is 1. The van der Waals surface area contributed by atoms with Crippen molar-refractivity contribution in [3.8, 4) is 0 Å². The van der Waals surface area contributed by atoms with Gasteiger partial charge in [0.2, 0.25) is 0 Å². The van der Waals surface area contributed by atoms with Gasteiger partial charge >= 0.3 is 12.1 Å². The van der Waals surface area contributed by atoms with Crippen LogP contribution in [0.25, 0.3) is 0 Å². The van der Waals surface area contributed by atoms with E-state index < -0.39 is 24.6 Å². The maximum Gasteiger partial charge on any atom is 0.403 e. The van der Waals surface area contributed by atoms with Crippen LogP contribution >= 0.6 is 11.8 Å². The molecule has 0 saturated carbocycles. The lowest BCUT2D eigenvalue weighted by atomic mass is 10.1. The molecule has 0 radical (unpaired) electrons. The third-order valence-electron chi connectivity index (χ3n) is 2.64. The van der Waals surface area contributed by atoms with E-state index in [1.165, 1.54) is 0 Å². The highest BCUT2D eigenvalue weighted by Crippen LogP contribution is 2.32. The SMILES string of the molecule is CC1(C)CN(CC(C(=O)O)C(F)(F)F)CCS1. The van der Waals surface area contributed by atoms with E-state index in [9.17, 15) is 18.0 Å². The third kappa shape index (κ3) is 4.39. The zero-order valence-electron chi connectivity index (χ0n) is 9.75. The van der Waals surface area contributed by atoms with Gasteiger partial charge in [-0.25, -0.2) is 0 Å². The molecule has 0 bridgehead atoms. The average molecular weight is 271 g/mol. The number of halogens is 3. The second-order valence-corrected chi connectivity index (χ2v) is 6.58. The number of carboxylic acids is 1. The monoisotopic (exact) mass is 271 g/mol. The summed E-state index contributed by atoms with van der Waals surface area (Å²) in [7, 11) is 0. The zero-order valence-corrected chi connectivity index (χ0v) is 10.6. The fourth-order valence-electron chi connectivity index (χ4n) is 1.85. The first kappa shape index (κ1) is 14.6. The summed E-state index contributed by atoms with van der Waals surface area (Å²) in [5.74, 6) is -3.35. The maximum absolute atomic E-state index is 12.5. The average Bonchev–Trinajstić information content (AvgIpc) is 2.10. The summed E-state index contributed by atoms with van der Waals surface area (Å²) in [6.07, 6.45) is -4.68. The highest BCUT2D eigenvalue weighted by atomic mass is 32.2. The summed E-state index contributed by atoms with van der Waals surface area (Å²) in [6, 6.07) is 0. The Balaban J connectivity index is 2.65. The Bertz CT molecular complexity index is 294. The number of thioether (sulfide) groups is 1. The van der Waals surface area contributed by atoms with Crippen LogP contribution in [0.1, 0.15) is 13.8 Å². The predicted molar refractivity (Wildman–Crippen MR) is 60.2 cm³/mol. The highest BCUT2D eigenvalue weighted by Gasteiger charge is 2.46. The first-order valence-electron chi connectivity index (χ1n) is 5.28. The molecular weight excluding hydrogens is 255 g/mol. The van der Waals surface area contributed by atoms with E-state index in [2.05, 4.69) is 0 Å². The van der Waals surface area contributed by atoms with Crippen LogP contribution in [0.5, 0.6) is 0 Å². The van der Waals surface area contributed by atoms with Crippen LogP contribution in [0.2, 0.25) is 0 Å². The van der Waals surface area contributed by atoms with E-state index in [1.807, 2.05) is 13.8 Å². The van der Waals surface area contributed by atoms with Crippen LogP contribution in [0.15, 0.2) is 0 Å². The van der Waals surface area contributed by atoms with E-state index in [4.69, 9.17) is 5.11 Å². The van der Waals surface area contributed by atoms with Gasteiger partial charge in [0.15, 0.2) is 5.92 Å². The van der Waals surface area contributed by atoms with Crippen molar-refractivity contribution in [1.82, 2.24) is 4.90 Å². The van der Waals surface area contributed by atoms with E-state index in [1.54, 1.807) is 16.7 Å². The smallest absolute Gasteiger partial charge is 0.403 e. The Kier molecular flexibility index (Phi) is 4.35. The van der Waals surface area contributed by atoms with Crippen LogP contribution in [0, 0.1) is 5.92 Å². The zero-order chi connectivity index (χ0) is 13.3. The minimum atomic E-state index is -4.68. The number of alkyl halides is 3. The quantitative estimate of drug-likeness (QED) is 0.853. The molecule has 0 amide bonds. The minimum Gasteiger partial charge on any atom is -0.481 e. The third-order valence-corrected chi connectivity index (χ3v) is 3.94. The Hall–Kier alpha value is -0.430. The second kappa shape index (κ2) is 5.06. The molecular formula is C10H16F3NO2S. The van der Waals surface area contributed by atoms with Gasteiger partial charge in [-0.05, 0) is 13.8 Å². The first-order chi connectivity index (χ1) is 7.62. The first-order valence-corrected chi connectivity index (χ1v) is 6.26. The fourth-order valence-corrected chi connectivity index (χ4v) is 3.03. The van der Waals surface area contributed by atoms with Crippen molar-refractivity contribution in [2.75, 3.05) is 25.4 Å². The Morgan fingerprint density at radius 3 is 2.53 bits per heavy atom. The lowest BCUT2D eigenvalue weighted by Crippen LogP contribution is -2.48. The van der Waals surface area contributed by atoms with Crippen LogP contribution in [0.3, 0.4) is 0 Å². The molecule has 1 fully saturated rings. The molecule has 1 aliphatic heterocycles. The summed E-state index contributed by atoms with van der Waals surface area (Å²) >= 11 is 1.70. The highest BCUT2D eigenvalue weighted by molar-refractivity contribution is 8.00. The molecule has 0 aromatic carbocycles. The number of nitrogens with zero attached hydrogens (tertiary/aromatic N) is 1. The standard InChI is InChI=1S/C10H16F3NO2S/c1-9(2)6-14(3-4-17-9)5-7(8(15)16)10(11,12)13/h7H,3-6H2,1-2H3,(H,15,16). The molecule has 1 unspecified atom stereocenters. The van der Waals surface area contributed by atoms with Gasteiger partial charge in [-0.15, -0.1) is 0 Å². The van der Waals surface area contributed by atoms with Gasteiger partial charge < -0.3 is 5.11 Å². The van der Waals surface area contributed by atoms with Crippen LogP contribution < -0.4 is 0 Å². The molecule has 7 heteroatoms. The molecule has 1 saturated heterocycles. The molecule has 1 atom stereocenters. The number of aliphatic carboxylic acids is 1. The molecule has 3 nitrogen and oxygen atoms in total. The van der Waals surface area contributed by atoms with Crippen molar-refractivity contribution in [3.05, 3.63) is 0 Å². The predicted octanol–water partition coefficient (Wildman–Crippen LogP) is 2.08. The normalized spacial score (nSPS) is 23.4. The summed E-state index contributed by atoms with van der Waals surface area (Å²) < 4.78 is 37.4. The summed E-state index contributed by atoms with van der Waals surface area (Å²) in [5.41, 5.74) is 0. The maximum atomic E-state index is 12.5. The summed E-state index contributed by atoms with van der Waals surface area (Å²) in [4.78, 5) is 12.2. The van der Waals surface area contributed by atoms with Crippen molar-refractivity contribution in [3.63, 3.8) is 0 Å². The number of hydrogen-bond acceptors (Lipinski definition) is 3. The van der Waals surface area contributed by atoms with Gasteiger partial charge in [0.1, 0.15) is 0 Å². The number of carboxylic acid groups (broad SMARTS) is 1. The van der Waals surface area contributed by atoms with Gasteiger partial charge in [-0.2, -0.15) is 24.9 Å². The lowest BCUT2D eigenvalue weighted by molar-refractivity contribution is -0.196. The molecule has 1 rings (SSSR count). The molecule has 0 spiro atoms. The largest absolute Gasteiger partial charge is 0.481 e. The molecule has 1 N–H and O–H groups in total. The van der Waals surface area contributed by atoms with Gasteiger partial charge in [-0.3, -0.25) is 9.69 Å². The molecule has 0 aromatic heterocycles. The molecule has 0 aromatic rings. The van der Waals surface area contributed by atoms with Crippen LogP contribution in [-0.4, -0.2) is 52.3 Å². The van der Waals surface area contributed by atoms with Crippen molar-refractivity contribution in [2.45, 2.75) is 24.8 Å². The van der Waals surface area contributed by atoms with Crippen molar-refractivity contribution in [2.24, 2.45) is 5.92 Å². The van der Waals surface area contributed by atoms with E-state index in [0.717, 1.165) is 5.75 Å². The van der Waals surface area contributed by atoms with Crippen LogP contribution in [0.4, 0.5) is 13.2 Å². The van der Waals surface area contributed by atoms with Crippen LogP contribution in [-0.2, 0) is 4.79 Å². The van der Waals surface area contributed by atoms with Gasteiger partial charge in [-0.1, -0.05) is 0 Å². The van der Waals surface area contributed by atoms with Gasteiger partial charge in [0.25, 0.3) is 0 Å². The summed E-state index contributed by atoms with van der Waals surface area (Å²) in [5, 5.41) is 8.62. The number of hydrogen-bond donors (Lipinski definition) is 1. The van der Waals surface area contributed by atoms with E-state index in [-0.39, 0.29) is 4.75 Å². The van der Waals surface area contributed by atoms with Gasteiger partial charge in [0, 0.05) is 30.1 Å². The summed E-state index contributed by atoms with van der Waals surface area (Å²) in [6.45, 7) is 4.44. The fraction of sp³-hybridized carbons (Fsp3) is 0.900. The minimum absolute atomic E-state index is 0.118. The van der Waals surface area contributed by atoms with Crippen molar-refractivity contribution < 1.29 is 23.1 Å². The van der Waals surface area contributed by atoms with E-state index in [0.29, 0.717) is 13.1 Å². The topological polar surface area (TPSA) is 40.5 Å². The van der Waals surface area contributed by atoms with Gasteiger partial charge in [0.05, 0.1) is 0 Å². The van der Waals surface area contributed by atoms with Crippen molar-refractivity contribution in [1.29, 1.82) is 0 Å². The molecule has 17 heavy (non-hydrogen) atoms. The Morgan fingerprint density at radius 1 is 1.53 bits per heavy atom. The molecule has 1 aliphatic rings. The number of rotatable bonds is 3. The second-order valence-electron chi connectivity index (χ2n) is 4.78. The lowest BCUT2D eigenvalue weighted by Gasteiger charge is -2.38. The molecule has 1 heterocycles.